The van der Waals surface area contributed by atoms with Crippen LogP contribution in [0, 0.1) is 0 Å². The number of hydrogen-bond acceptors (Lipinski definition) is 3. The molecule has 0 amide bonds. The van der Waals surface area contributed by atoms with Gasteiger partial charge < -0.3 is 10.4 Å². The average Bonchev–Trinajstić information content (AvgIpc) is 3.13. The highest BCUT2D eigenvalue weighted by Gasteiger charge is 2.14. The Labute approximate surface area is 150 Å². The maximum absolute atomic E-state index is 9.96. The molecule has 0 saturated carbocycles. The van der Waals surface area contributed by atoms with Gasteiger partial charge in [-0.3, -0.25) is 4.99 Å². The molecule has 3 nitrogen and oxygen atoms in total. The predicted molar refractivity (Wildman–Crippen MR) is 106 cm³/mol. The number of nitrogens with one attached hydrogen (secondary N) is 1. The van der Waals surface area contributed by atoms with Crippen molar-refractivity contribution in [2.75, 3.05) is 13.1 Å². The van der Waals surface area contributed by atoms with Gasteiger partial charge in [0.05, 0.1) is 6.54 Å². The van der Waals surface area contributed by atoms with Gasteiger partial charge in [0.2, 0.25) is 0 Å². The second kappa shape index (κ2) is 15.9. The largest absolute Gasteiger partial charge is 0.385 e. The molecule has 0 aromatic carbocycles. The summed E-state index contributed by atoms with van der Waals surface area (Å²) in [6, 6.07) is 0. The van der Waals surface area contributed by atoms with Gasteiger partial charge in [-0.1, -0.05) is 103 Å². The molecule has 0 aromatic rings. The first-order valence-electron chi connectivity index (χ1n) is 10.8. The van der Waals surface area contributed by atoms with Crippen molar-refractivity contribution in [1.82, 2.24) is 5.32 Å². The molecule has 1 aliphatic rings. The lowest BCUT2D eigenvalue weighted by Crippen LogP contribution is -2.31. The van der Waals surface area contributed by atoms with E-state index in [9.17, 15) is 5.11 Å². The first-order chi connectivity index (χ1) is 11.8. The molecule has 0 aromatic heterocycles. The molecule has 0 spiro atoms. The van der Waals surface area contributed by atoms with Crippen LogP contribution in [0.15, 0.2) is 4.99 Å². The van der Waals surface area contributed by atoms with Crippen LogP contribution in [0.5, 0.6) is 0 Å². The summed E-state index contributed by atoms with van der Waals surface area (Å²) in [4.78, 5) is 4.28. The van der Waals surface area contributed by atoms with Gasteiger partial charge in [-0.25, -0.2) is 0 Å². The molecular weight excluding hydrogens is 296 g/mol. The standard InChI is InChI=1S/C21H42N2O/c1-2-3-4-5-6-7-8-9-10-11-12-13-14-15-16-17-20(24)21-22-18-19-23-21/h20,24H,2-19H2,1H3,(H,22,23). The Morgan fingerprint density at radius 2 is 1.25 bits per heavy atom. The molecule has 142 valence electrons. The molecule has 1 atom stereocenters. The van der Waals surface area contributed by atoms with Crippen LogP contribution in [0.4, 0.5) is 0 Å². The van der Waals surface area contributed by atoms with E-state index in [4.69, 9.17) is 0 Å². The summed E-state index contributed by atoms with van der Waals surface area (Å²) < 4.78 is 0. The topological polar surface area (TPSA) is 44.6 Å². The van der Waals surface area contributed by atoms with E-state index in [2.05, 4.69) is 17.2 Å². The number of aliphatic imine (C=N–C) groups is 1. The third kappa shape index (κ3) is 11.9. The van der Waals surface area contributed by atoms with Gasteiger partial charge in [0.25, 0.3) is 0 Å². The Hall–Kier alpha value is -0.570. The zero-order valence-electron chi connectivity index (χ0n) is 16.2. The summed E-state index contributed by atoms with van der Waals surface area (Å²) in [7, 11) is 0. The van der Waals surface area contributed by atoms with E-state index in [1.165, 1.54) is 89.9 Å². The van der Waals surface area contributed by atoms with Crippen LogP contribution >= 0.6 is 0 Å². The third-order valence-corrected chi connectivity index (χ3v) is 5.10. The van der Waals surface area contributed by atoms with Crippen molar-refractivity contribution in [3.05, 3.63) is 0 Å². The van der Waals surface area contributed by atoms with Crippen LogP contribution in [0.3, 0.4) is 0 Å². The molecule has 0 bridgehead atoms. The van der Waals surface area contributed by atoms with Crippen LogP contribution in [0.25, 0.3) is 0 Å². The molecule has 1 heterocycles. The van der Waals surface area contributed by atoms with Crippen molar-refractivity contribution in [3.63, 3.8) is 0 Å². The molecule has 1 rings (SSSR count). The first-order valence-corrected chi connectivity index (χ1v) is 10.8. The molecule has 24 heavy (non-hydrogen) atoms. The zero-order valence-corrected chi connectivity index (χ0v) is 16.2. The highest BCUT2D eigenvalue weighted by molar-refractivity contribution is 5.87. The summed E-state index contributed by atoms with van der Waals surface area (Å²) in [6.45, 7) is 4.00. The molecule has 2 N–H and O–H groups in total. The van der Waals surface area contributed by atoms with Gasteiger partial charge in [0.15, 0.2) is 0 Å². The van der Waals surface area contributed by atoms with Crippen molar-refractivity contribution in [3.8, 4) is 0 Å². The van der Waals surface area contributed by atoms with Gasteiger partial charge >= 0.3 is 0 Å². The number of aliphatic hydroxyl groups is 1. The summed E-state index contributed by atoms with van der Waals surface area (Å²) in [5, 5.41) is 13.1. The van der Waals surface area contributed by atoms with E-state index in [0.29, 0.717) is 0 Å². The Morgan fingerprint density at radius 1 is 0.792 bits per heavy atom. The van der Waals surface area contributed by atoms with Crippen molar-refractivity contribution >= 4 is 5.84 Å². The normalized spacial score (nSPS) is 15.3. The van der Waals surface area contributed by atoms with Crippen molar-refractivity contribution in [1.29, 1.82) is 0 Å². The Morgan fingerprint density at radius 3 is 1.67 bits per heavy atom. The fraction of sp³-hybridized carbons (Fsp3) is 0.952. The molecular formula is C21H42N2O. The minimum atomic E-state index is -0.352. The van der Waals surface area contributed by atoms with E-state index in [-0.39, 0.29) is 6.10 Å². The molecule has 0 radical (unpaired) electrons. The van der Waals surface area contributed by atoms with Gasteiger partial charge in [0, 0.05) is 6.54 Å². The fourth-order valence-corrected chi connectivity index (χ4v) is 3.49. The lowest BCUT2D eigenvalue weighted by Gasteiger charge is -2.10. The number of aliphatic hydroxyl groups excluding tert-OH is 1. The molecule has 0 fully saturated rings. The van der Waals surface area contributed by atoms with Crippen molar-refractivity contribution in [2.24, 2.45) is 4.99 Å². The van der Waals surface area contributed by atoms with E-state index in [1.807, 2.05) is 0 Å². The summed E-state index contributed by atoms with van der Waals surface area (Å²) in [5.74, 6) is 0.820. The van der Waals surface area contributed by atoms with Gasteiger partial charge in [-0.05, 0) is 6.42 Å². The van der Waals surface area contributed by atoms with E-state index in [1.54, 1.807) is 0 Å². The predicted octanol–water partition coefficient (Wildman–Crippen LogP) is 5.61. The number of nitrogens with zero attached hydrogens (tertiary/aromatic N) is 1. The summed E-state index contributed by atoms with van der Waals surface area (Å²) in [5.41, 5.74) is 0. The smallest absolute Gasteiger partial charge is 0.126 e. The third-order valence-electron chi connectivity index (χ3n) is 5.10. The molecule has 1 aliphatic heterocycles. The Bertz CT molecular complexity index is 304. The van der Waals surface area contributed by atoms with Gasteiger partial charge in [-0.2, -0.15) is 0 Å². The van der Waals surface area contributed by atoms with Gasteiger partial charge in [0.1, 0.15) is 11.9 Å². The number of amidine groups is 1. The molecule has 3 heteroatoms. The second-order valence-corrected chi connectivity index (χ2v) is 7.45. The van der Waals surface area contributed by atoms with Crippen LogP contribution in [0.1, 0.15) is 110 Å². The minimum absolute atomic E-state index is 0.352. The van der Waals surface area contributed by atoms with Crippen LogP contribution in [-0.2, 0) is 0 Å². The molecule has 0 aliphatic carbocycles. The molecule has 0 saturated heterocycles. The summed E-state index contributed by atoms with van der Waals surface area (Å²) in [6.07, 6.45) is 21.3. The second-order valence-electron chi connectivity index (χ2n) is 7.45. The van der Waals surface area contributed by atoms with Gasteiger partial charge in [-0.15, -0.1) is 0 Å². The van der Waals surface area contributed by atoms with Crippen molar-refractivity contribution < 1.29 is 5.11 Å². The maximum atomic E-state index is 9.96. The summed E-state index contributed by atoms with van der Waals surface area (Å²) >= 11 is 0. The van der Waals surface area contributed by atoms with E-state index in [0.717, 1.165) is 31.8 Å². The van der Waals surface area contributed by atoms with Crippen LogP contribution in [-0.4, -0.2) is 30.1 Å². The number of unbranched alkanes of at least 4 members (excludes halogenated alkanes) is 14. The number of hydrogen-bond donors (Lipinski definition) is 2. The Kier molecular flexibility index (Phi) is 14.3. The van der Waals surface area contributed by atoms with E-state index >= 15 is 0 Å². The SMILES string of the molecule is CCCCCCCCCCCCCCCCCC(O)C1=NCCN1. The average molecular weight is 339 g/mol. The number of rotatable bonds is 17. The van der Waals surface area contributed by atoms with Crippen LogP contribution in [0.2, 0.25) is 0 Å². The van der Waals surface area contributed by atoms with Crippen molar-refractivity contribution in [2.45, 2.75) is 116 Å². The zero-order chi connectivity index (χ0) is 17.3. The van der Waals surface area contributed by atoms with E-state index < -0.39 is 0 Å². The van der Waals surface area contributed by atoms with Crippen LogP contribution < -0.4 is 5.32 Å². The first kappa shape index (κ1) is 21.5. The quantitative estimate of drug-likeness (QED) is 0.339. The Balaban J connectivity index is 1.72. The highest BCUT2D eigenvalue weighted by atomic mass is 16.3. The molecule has 1 unspecified atom stereocenters. The monoisotopic (exact) mass is 338 g/mol. The highest BCUT2D eigenvalue weighted by Crippen LogP contribution is 2.14. The lowest BCUT2D eigenvalue weighted by molar-refractivity contribution is 0.223. The lowest BCUT2D eigenvalue weighted by atomic mass is 10.0. The fourth-order valence-electron chi connectivity index (χ4n) is 3.49. The minimum Gasteiger partial charge on any atom is -0.385 e. The maximum Gasteiger partial charge on any atom is 0.126 e.